The van der Waals surface area contributed by atoms with Crippen molar-refractivity contribution in [2.75, 3.05) is 24.7 Å². The number of carboxylic acid groups (broad SMARTS) is 1. The molecule has 1 atom stereocenters. The average Bonchev–Trinajstić information content (AvgIpc) is 2.42. The third-order valence-corrected chi connectivity index (χ3v) is 3.90. The summed E-state index contributed by atoms with van der Waals surface area (Å²) in [5.41, 5.74) is 0.198. The molecule has 0 aliphatic heterocycles. The van der Waals surface area contributed by atoms with Crippen molar-refractivity contribution in [3.8, 4) is 5.75 Å². The van der Waals surface area contributed by atoms with Gasteiger partial charge in [-0.15, -0.1) is 0 Å². The number of thioether (sulfide) groups is 1. The van der Waals surface area contributed by atoms with E-state index in [2.05, 4.69) is 0 Å². The Bertz CT molecular complexity index is 395. The van der Waals surface area contributed by atoms with Crippen LogP contribution in [-0.4, -0.2) is 40.9 Å². The molecule has 0 radical (unpaired) electrons. The fraction of sp³-hybridized carbons (Fsp3) is 0.500. The first-order valence-corrected chi connectivity index (χ1v) is 7.44. The van der Waals surface area contributed by atoms with E-state index in [0.717, 1.165) is 17.9 Å². The molecule has 0 amide bonds. The highest BCUT2D eigenvalue weighted by atomic mass is 32.2. The van der Waals surface area contributed by atoms with E-state index in [4.69, 9.17) is 14.9 Å². The molecule has 0 fully saturated rings. The minimum atomic E-state index is -0.971. The number of aliphatic hydroxyl groups excluding tert-OH is 1. The average molecular weight is 284 g/mol. The van der Waals surface area contributed by atoms with Gasteiger partial charge in [-0.3, -0.25) is 0 Å². The fourth-order valence-electron chi connectivity index (χ4n) is 1.45. The van der Waals surface area contributed by atoms with Crippen molar-refractivity contribution in [3.63, 3.8) is 0 Å². The predicted octanol–water partition coefficient (Wildman–Crippen LogP) is 2.52. The minimum Gasteiger partial charge on any atom is -0.493 e. The van der Waals surface area contributed by atoms with Gasteiger partial charge in [0.1, 0.15) is 11.3 Å². The first-order chi connectivity index (χ1) is 9.15. The second-order valence-electron chi connectivity index (χ2n) is 4.37. The monoisotopic (exact) mass is 284 g/mol. The number of aliphatic hydroxyl groups is 1. The predicted molar refractivity (Wildman–Crippen MR) is 77.1 cm³/mol. The summed E-state index contributed by atoms with van der Waals surface area (Å²) < 4.78 is 5.49. The molecule has 0 aliphatic carbocycles. The van der Waals surface area contributed by atoms with Crippen molar-refractivity contribution in [1.82, 2.24) is 0 Å². The molecular weight excluding hydrogens is 264 g/mol. The van der Waals surface area contributed by atoms with E-state index in [1.807, 2.05) is 6.92 Å². The van der Waals surface area contributed by atoms with Gasteiger partial charge in [-0.2, -0.15) is 11.8 Å². The smallest absolute Gasteiger partial charge is 0.339 e. The lowest BCUT2D eigenvalue weighted by Crippen LogP contribution is -2.06. The SMILES string of the molecule is CC(CO)CSCCCOc1ccccc1C(=O)O. The normalized spacial score (nSPS) is 12.1. The van der Waals surface area contributed by atoms with Crippen LogP contribution in [0.2, 0.25) is 0 Å². The van der Waals surface area contributed by atoms with Gasteiger partial charge in [0.25, 0.3) is 0 Å². The first-order valence-electron chi connectivity index (χ1n) is 6.29. The zero-order valence-electron chi connectivity index (χ0n) is 11.0. The topological polar surface area (TPSA) is 66.8 Å². The number of carboxylic acids is 1. The molecule has 1 aromatic carbocycles. The summed E-state index contributed by atoms with van der Waals surface area (Å²) >= 11 is 1.78. The van der Waals surface area contributed by atoms with Gasteiger partial charge >= 0.3 is 5.97 Å². The molecule has 106 valence electrons. The summed E-state index contributed by atoms with van der Waals surface area (Å²) in [6, 6.07) is 6.65. The molecule has 1 aromatic rings. The number of carbonyl (C=O) groups is 1. The highest BCUT2D eigenvalue weighted by molar-refractivity contribution is 7.99. The Labute approximate surface area is 117 Å². The molecule has 5 heteroatoms. The van der Waals surface area contributed by atoms with Crippen LogP contribution in [0.15, 0.2) is 24.3 Å². The molecule has 19 heavy (non-hydrogen) atoms. The largest absolute Gasteiger partial charge is 0.493 e. The first kappa shape index (κ1) is 15.9. The second kappa shape index (κ2) is 8.82. The van der Waals surface area contributed by atoms with Crippen LogP contribution in [-0.2, 0) is 0 Å². The maximum Gasteiger partial charge on any atom is 0.339 e. The molecule has 0 aromatic heterocycles. The van der Waals surface area contributed by atoms with E-state index in [1.165, 1.54) is 6.07 Å². The Kier molecular flexibility index (Phi) is 7.36. The maximum absolute atomic E-state index is 11.0. The third kappa shape index (κ3) is 5.98. The van der Waals surface area contributed by atoms with Gasteiger partial charge in [0.05, 0.1) is 6.61 Å². The number of hydrogen-bond donors (Lipinski definition) is 2. The highest BCUT2D eigenvalue weighted by Gasteiger charge is 2.09. The molecule has 2 N–H and O–H groups in total. The zero-order chi connectivity index (χ0) is 14.1. The molecule has 1 unspecified atom stereocenters. The summed E-state index contributed by atoms with van der Waals surface area (Å²) in [6.45, 7) is 2.73. The van der Waals surface area contributed by atoms with E-state index in [9.17, 15) is 4.79 Å². The molecule has 0 saturated heterocycles. The van der Waals surface area contributed by atoms with Crippen molar-refractivity contribution in [1.29, 1.82) is 0 Å². The molecule has 0 saturated carbocycles. The molecule has 0 heterocycles. The second-order valence-corrected chi connectivity index (χ2v) is 5.52. The van der Waals surface area contributed by atoms with Gasteiger partial charge in [-0.1, -0.05) is 19.1 Å². The molecule has 1 rings (SSSR count). The van der Waals surface area contributed by atoms with Crippen molar-refractivity contribution >= 4 is 17.7 Å². The number of benzene rings is 1. The van der Waals surface area contributed by atoms with Crippen molar-refractivity contribution in [3.05, 3.63) is 29.8 Å². The van der Waals surface area contributed by atoms with Crippen LogP contribution in [0.25, 0.3) is 0 Å². The Hall–Kier alpha value is -1.20. The van der Waals surface area contributed by atoms with Crippen LogP contribution in [0.3, 0.4) is 0 Å². The van der Waals surface area contributed by atoms with E-state index >= 15 is 0 Å². The molecular formula is C14H20O4S. The number of ether oxygens (including phenoxy) is 1. The minimum absolute atomic E-state index is 0.198. The van der Waals surface area contributed by atoms with E-state index < -0.39 is 5.97 Å². The van der Waals surface area contributed by atoms with Crippen molar-refractivity contribution in [2.45, 2.75) is 13.3 Å². The van der Waals surface area contributed by atoms with Crippen LogP contribution in [0, 0.1) is 5.92 Å². The number of rotatable bonds is 9. The molecule has 0 bridgehead atoms. The van der Waals surface area contributed by atoms with Crippen LogP contribution >= 0.6 is 11.8 Å². The standard InChI is InChI=1S/C14H20O4S/c1-11(9-15)10-19-8-4-7-18-13-6-3-2-5-12(13)14(16)17/h2-3,5-6,11,15H,4,7-10H2,1H3,(H,16,17). The highest BCUT2D eigenvalue weighted by Crippen LogP contribution is 2.18. The van der Waals surface area contributed by atoms with Crippen LogP contribution in [0.4, 0.5) is 0 Å². The van der Waals surface area contributed by atoms with Gasteiger partial charge in [-0.25, -0.2) is 4.79 Å². The number of hydrogen-bond acceptors (Lipinski definition) is 4. The lowest BCUT2D eigenvalue weighted by molar-refractivity contribution is 0.0692. The summed E-state index contributed by atoms with van der Waals surface area (Å²) in [6.07, 6.45) is 0.858. The van der Waals surface area contributed by atoms with Gasteiger partial charge in [-0.05, 0) is 36.0 Å². The summed E-state index contributed by atoms with van der Waals surface area (Å²) in [5, 5.41) is 17.9. The van der Waals surface area contributed by atoms with Crippen molar-refractivity contribution in [2.24, 2.45) is 5.92 Å². The molecule has 4 nitrogen and oxygen atoms in total. The third-order valence-electron chi connectivity index (χ3n) is 2.52. The lowest BCUT2D eigenvalue weighted by Gasteiger charge is -2.09. The van der Waals surface area contributed by atoms with Crippen LogP contribution < -0.4 is 4.74 Å². The quantitative estimate of drug-likeness (QED) is 0.682. The Balaban J connectivity index is 2.24. The molecule has 0 spiro atoms. The van der Waals surface area contributed by atoms with Crippen molar-refractivity contribution < 1.29 is 19.7 Å². The maximum atomic E-state index is 11.0. The van der Waals surface area contributed by atoms with Crippen LogP contribution in [0.5, 0.6) is 5.75 Å². The van der Waals surface area contributed by atoms with E-state index in [0.29, 0.717) is 18.3 Å². The summed E-state index contributed by atoms with van der Waals surface area (Å²) in [5.74, 6) is 1.64. The zero-order valence-corrected chi connectivity index (χ0v) is 11.9. The van der Waals surface area contributed by atoms with Gasteiger partial charge < -0.3 is 14.9 Å². The fourth-order valence-corrected chi connectivity index (χ4v) is 2.45. The summed E-state index contributed by atoms with van der Waals surface area (Å²) in [4.78, 5) is 11.0. The van der Waals surface area contributed by atoms with E-state index in [-0.39, 0.29) is 12.2 Å². The van der Waals surface area contributed by atoms with Crippen LogP contribution in [0.1, 0.15) is 23.7 Å². The Morgan fingerprint density at radius 1 is 1.42 bits per heavy atom. The number of para-hydroxylation sites is 1. The van der Waals surface area contributed by atoms with Gasteiger partial charge in [0.2, 0.25) is 0 Å². The Morgan fingerprint density at radius 3 is 2.84 bits per heavy atom. The molecule has 0 aliphatic rings. The number of aromatic carboxylic acids is 1. The van der Waals surface area contributed by atoms with Gasteiger partial charge in [0, 0.05) is 6.61 Å². The Morgan fingerprint density at radius 2 is 2.16 bits per heavy atom. The van der Waals surface area contributed by atoms with E-state index in [1.54, 1.807) is 30.0 Å². The lowest BCUT2D eigenvalue weighted by atomic mass is 10.2. The van der Waals surface area contributed by atoms with Gasteiger partial charge in [0.15, 0.2) is 0 Å². The summed E-state index contributed by atoms with van der Waals surface area (Å²) in [7, 11) is 0.